The standard InChI is InChI=1S/C10H12N2O2/c1-8(11-7-10(13)14)12-9-5-3-2-4-6-9/h2-6H,7H2,1H3,(H,11,12)(H,13,14). The topological polar surface area (TPSA) is 61.7 Å². The Kier molecular flexibility index (Phi) is 3.67. The fourth-order valence-electron chi connectivity index (χ4n) is 0.956. The molecule has 14 heavy (non-hydrogen) atoms. The molecule has 4 heteroatoms. The Bertz CT molecular complexity index is 333. The number of benzene rings is 1. The fourth-order valence-corrected chi connectivity index (χ4v) is 0.956. The minimum Gasteiger partial charge on any atom is -0.480 e. The maximum atomic E-state index is 10.2. The van der Waals surface area contributed by atoms with Crippen molar-refractivity contribution in [1.29, 1.82) is 0 Å². The number of carbonyl (C=O) groups is 1. The molecular formula is C10H12N2O2. The first kappa shape index (κ1) is 10.2. The van der Waals surface area contributed by atoms with Gasteiger partial charge in [0.15, 0.2) is 0 Å². The van der Waals surface area contributed by atoms with Crippen molar-refractivity contribution < 1.29 is 9.90 Å². The first-order valence-corrected chi connectivity index (χ1v) is 4.23. The van der Waals surface area contributed by atoms with Gasteiger partial charge in [-0.2, -0.15) is 0 Å². The third-order valence-electron chi connectivity index (χ3n) is 1.55. The Morgan fingerprint density at radius 1 is 1.43 bits per heavy atom. The lowest BCUT2D eigenvalue weighted by molar-refractivity contribution is -0.135. The second kappa shape index (κ2) is 5.01. The molecule has 0 aliphatic heterocycles. The molecule has 0 aliphatic rings. The van der Waals surface area contributed by atoms with Crippen LogP contribution >= 0.6 is 0 Å². The highest BCUT2D eigenvalue weighted by molar-refractivity contribution is 5.94. The van der Waals surface area contributed by atoms with Gasteiger partial charge in [0.25, 0.3) is 0 Å². The van der Waals surface area contributed by atoms with E-state index in [2.05, 4.69) is 10.3 Å². The molecule has 0 heterocycles. The maximum absolute atomic E-state index is 10.2. The predicted molar refractivity (Wildman–Crippen MR) is 55.7 cm³/mol. The Balaban J connectivity index is 2.53. The number of hydrogen-bond donors (Lipinski definition) is 2. The van der Waals surface area contributed by atoms with Crippen LogP contribution in [0.1, 0.15) is 6.92 Å². The molecule has 0 saturated carbocycles. The molecular weight excluding hydrogens is 180 g/mol. The Labute approximate surface area is 82.3 Å². The van der Waals surface area contributed by atoms with Gasteiger partial charge >= 0.3 is 5.97 Å². The molecule has 0 aliphatic carbocycles. The van der Waals surface area contributed by atoms with Crippen molar-refractivity contribution in [3.8, 4) is 0 Å². The highest BCUT2D eigenvalue weighted by Crippen LogP contribution is 2.04. The van der Waals surface area contributed by atoms with Gasteiger partial charge in [-0.1, -0.05) is 18.2 Å². The zero-order chi connectivity index (χ0) is 10.4. The minimum atomic E-state index is -0.931. The van der Waals surface area contributed by atoms with E-state index in [9.17, 15) is 4.79 Å². The summed E-state index contributed by atoms with van der Waals surface area (Å²) in [6, 6.07) is 9.48. The minimum absolute atomic E-state index is 0.203. The van der Waals surface area contributed by atoms with Gasteiger partial charge in [0.1, 0.15) is 6.54 Å². The van der Waals surface area contributed by atoms with Gasteiger partial charge in [-0.25, -0.2) is 0 Å². The fraction of sp³-hybridized carbons (Fsp3) is 0.200. The van der Waals surface area contributed by atoms with Crippen molar-refractivity contribution in [1.82, 2.24) is 0 Å². The average molecular weight is 192 g/mol. The van der Waals surface area contributed by atoms with E-state index in [0.29, 0.717) is 5.84 Å². The number of carboxylic acids is 1. The van der Waals surface area contributed by atoms with Crippen molar-refractivity contribution in [3.05, 3.63) is 30.3 Å². The SMILES string of the molecule is CC(=NCC(=O)O)Nc1ccccc1. The predicted octanol–water partition coefficient (Wildman–Crippen LogP) is 1.60. The van der Waals surface area contributed by atoms with Crippen LogP contribution in [0.15, 0.2) is 35.3 Å². The van der Waals surface area contributed by atoms with E-state index in [4.69, 9.17) is 5.11 Å². The van der Waals surface area contributed by atoms with Crippen LogP contribution in [0.25, 0.3) is 0 Å². The van der Waals surface area contributed by atoms with Gasteiger partial charge in [-0.3, -0.25) is 9.79 Å². The van der Waals surface area contributed by atoms with E-state index in [1.165, 1.54) is 0 Å². The lowest BCUT2D eigenvalue weighted by Gasteiger charge is -2.03. The second-order valence-electron chi connectivity index (χ2n) is 2.79. The molecule has 1 rings (SSSR count). The van der Waals surface area contributed by atoms with Gasteiger partial charge < -0.3 is 10.4 Å². The number of amidine groups is 1. The lowest BCUT2D eigenvalue weighted by Crippen LogP contribution is -2.10. The van der Waals surface area contributed by atoms with Crippen LogP contribution in [0.3, 0.4) is 0 Å². The molecule has 0 bridgehead atoms. The van der Waals surface area contributed by atoms with E-state index >= 15 is 0 Å². The van der Waals surface area contributed by atoms with E-state index in [-0.39, 0.29) is 6.54 Å². The van der Waals surface area contributed by atoms with Crippen molar-refractivity contribution in [3.63, 3.8) is 0 Å². The molecule has 0 spiro atoms. The summed E-state index contributed by atoms with van der Waals surface area (Å²) in [6.07, 6.45) is 0. The van der Waals surface area contributed by atoms with E-state index < -0.39 is 5.97 Å². The zero-order valence-corrected chi connectivity index (χ0v) is 7.90. The Hall–Kier alpha value is -1.84. The molecule has 0 fully saturated rings. The van der Waals surface area contributed by atoms with Crippen molar-refractivity contribution >= 4 is 17.5 Å². The van der Waals surface area contributed by atoms with Crippen molar-refractivity contribution in [2.24, 2.45) is 4.99 Å². The van der Waals surface area contributed by atoms with Crippen LogP contribution in [0.5, 0.6) is 0 Å². The van der Waals surface area contributed by atoms with Crippen molar-refractivity contribution in [2.45, 2.75) is 6.92 Å². The molecule has 0 atom stereocenters. The van der Waals surface area contributed by atoms with E-state index in [1.807, 2.05) is 30.3 Å². The maximum Gasteiger partial charge on any atom is 0.325 e. The van der Waals surface area contributed by atoms with Crippen molar-refractivity contribution in [2.75, 3.05) is 11.9 Å². The number of hydrogen-bond acceptors (Lipinski definition) is 2. The smallest absolute Gasteiger partial charge is 0.325 e. The van der Waals surface area contributed by atoms with Crippen LogP contribution < -0.4 is 5.32 Å². The van der Waals surface area contributed by atoms with E-state index in [1.54, 1.807) is 6.92 Å². The Morgan fingerprint density at radius 2 is 2.07 bits per heavy atom. The summed E-state index contributed by atoms with van der Waals surface area (Å²) in [5, 5.41) is 11.4. The normalized spacial score (nSPS) is 11.1. The Morgan fingerprint density at radius 3 is 2.64 bits per heavy atom. The molecule has 0 radical (unpaired) electrons. The molecule has 0 amide bonds. The number of nitrogens with zero attached hydrogens (tertiary/aromatic N) is 1. The van der Waals surface area contributed by atoms with Gasteiger partial charge in [-0.05, 0) is 19.1 Å². The molecule has 0 aromatic heterocycles. The highest BCUT2D eigenvalue weighted by atomic mass is 16.4. The quantitative estimate of drug-likeness (QED) is 0.564. The number of para-hydroxylation sites is 1. The van der Waals surface area contributed by atoms with Gasteiger partial charge in [-0.15, -0.1) is 0 Å². The molecule has 74 valence electrons. The lowest BCUT2D eigenvalue weighted by atomic mass is 10.3. The summed E-state index contributed by atoms with van der Waals surface area (Å²) in [6.45, 7) is 1.53. The molecule has 4 nitrogen and oxygen atoms in total. The van der Waals surface area contributed by atoms with Crippen LogP contribution in [0, 0.1) is 0 Å². The summed E-state index contributed by atoms with van der Waals surface area (Å²) in [7, 11) is 0. The summed E-state index contributed by atoms with van der Waals surface area (Å²) in [5.41, 5.74) is 0.902. The number of rotatable bonds is 3. The molecule has 1 aromatic rings. The van der Waals surface area contributed by atoms with Crippen LogP contribution in [0.4, 0.5) is 5.69 Å². The number of carboxylic acid groups (broad SMARTS) is 1. The highest BCUT2D eigenvalue weighted by Gasteiger charge is 1.95. The first-order chi connectivity index (χ1) is 6.68. The number of aliphatic carboxylic acids is 1. The number of nitrogens with one attached hydrogen (secondary N) is 1. The summed E-state index contributed by atoms with van der Waals surface area (Å²) < 4.78 is 0. The van der Waals surface area contributed by atoms with E-state index in [0.717, 1.165) is 5.69 Å². The molecule has 2 N–H and O–H groups in total. The van der Waals surface area contributed by atoms with Crippen LogP contribution in [0.2, 0.25) is 0 Å². The van der Waals surface area contributed by atoms with Gasteiger partial charge in [0.2, 0.25) is 0 Å². The monoisotopic (exact) mass is 192 g/mol. The summed E-state index contributed by atoms with van der Waals surface area (Å²) >= 11 is 0. The van der Waals surface area contributed by atoms with Gasteiger partial charge in [0.05, 0.1) is 5.84 Å². The molecule has 0 unspecified atom stereocenters. The first-order valence-electron chi connectivity index (χ1n) is 4.23. The van der Waals surface area contributed by atoms with Crippen LogP contribution in [-0.2, 0) is 4.79 Å². The molecule has 0 saturated heterocycles. The summed E-state index contributed by atoms with van der Waals surface area (Å²) in [5.74, 6) is -0.335. The second-order valence-corrected chi connectivity index (χ2v) is 2.79. The zero-order valence-electron chi connectivity index (χ0n) is 7.90. The number of anilines is 1. The summed E-state index contributed by atoms with van der Waals surface area (Å²) in [4.78, 5) is 14.0. The largest absolute Gasteiger partial charge is 0.480 e. The average Bonchev–Trinajstić information content (AvgIpc) is 2.16. The third kappa shape index (κ3) is 3.71. The van der Waals surface area contributed by atoms with Crippen LogP contribution in [-0.4, -0.2) is 23.5 Å². The van der Waals surface area contributed by atoms with Gasteiger partial charge in [0, 0.05) is 5.69 Å². The number of aliphatic imine (C=N–C) groups is 1. The third-order valence-corrected chi connectivity index (χ3v) is 1.55. The molecule has 1 aromatic carbocycles.